The topological polar surface area (TPSA) is 46.3 Å². The molecule has 0 spiro atoms. The molecule has 0 radical (unpaired) electrons. The minimum Gasteiger partial charge on any atom is -0.372 e. The Morgan fingerprint density at radius 2 is 1.73 bits per heavy atom. The molecule has 6 heteroatoms. The van der Waals surface area contributed by atoms with Crippen molar-refractivity contribution in [2.45, 2.75) is 20.8 Å². The molecule has 1 aromatic heterocycles. The number of aromatic nitrogens is 3. The van der Waals surface area contributed by atoms with Crippen molar-refractivity contribution in [2.75, 3.05) is 18.0 Å². The predicted octanol–water partition coefficient (Wildman–Crippen LogP) is 4.74. The molecule has 0 unspecified atom stereocenters. The van der Waals surface area contributed by atoms with E-state index in [1.807, 2.05) is 37.4 Å². The molecule has 1 heterocycles. The number of aryl methyl sites for hydroxylation is 1. The molecular weight excluding hydrogens is 390 g/mol. The van der Waals surface area contributed by atoms with Gasteiger partial charge in [0, 0.05) is 28.8 Å². The highest BCUT2D eigenvalue weighted by atomic mass is 79.9. The van der Waals surface area contributed by atoms with Crippen LogP contribution in [-0.4, -0.2) is 34.2 Å². The molecule has 0 atom stereocenters. The molecule has 0 aliphatic rings. The Labute approximate surface area is 162 Å². The van der Waals surface area contributed by atoms with Gasteiger partial charge in [-0.25, -0.2) is 0 Å². The van der Waals surface area contributed by atoms with Gasteiger partial charge in [-0.1, -0.05) is 40.2 Å². The minimum absolute atomic E-state index is 0.714. The summed E-state index contributed by atoms with van der Waals surface area (Å²) in [5.41, 5.74) is 3.22. The summed E-state index contributed by atoms with van der Waals surface area (Å²) in [4.78, 5) is 2.32. The smallest absolute Gasteiger partial charge is 0.186 e. The Balaban J connectivity index is 1.88. The molecule has 3 aromatic rings. The first-order valence-corrected chi connectivity index (χ1v) is 9.49. The van der Waals surface area contributed by atoms with Gasteiger partial charge in [0.1, 0.15) is 0 Å². The molecule has 0 amide bonds. The quantitative estimate of drug-likeness (QED) is 0.550. The Hall–Kier alpha value is -2.47. The summed E-state index contributed by atoms with van der Waals surface area (Å²) in [6.45, 7) is 8.22. The largest absolute Gasteiger partial charge is 0.372 e. The van der Waals surface area contributed by atoms with Crippen molar-refractivity contribution in [1.82, 2.24) is 14.9 Å². The van der Waals surface area contributed by atoms with Crippen molar-refractivity contribution in [1.29, 1.82) is 0 Å². The molecule has 5 nitrogen and oxygen atoms in total. The van der Waals surface area contributed by atoms with Crippen LogP contribution in [0.1, 0.15) is 25.2 Å². The van der Waals surface area contributed by atoms with Crippen LogP contribution >= 0.6 is 15.9 Å². The van der Waals surface area contributed by atoms with Gasteiger partial charge in [-0.2, -0.15) is 9.78 Å². The van der Waals surface area contributed by atoms with Gasteiger partial charge in [0.25, 0.3) is 0 Å². The summed E-state index contributed by atoms with van der Waals surface area (Å²) in [5.74, 6) is 1.46. The summed E-state index contributed by atoms with van der Waals surface area (Å²) >= 11 is 3.57. The average Bonchev–Trinajstić information content (AvgIpc) is 3.03. The lowest BCUT2D eigenvalue weighted by Crippen LogP contribution is -2.21. The lowest BCUT2D eigenvalue weighted by Gasteiger charge is -2.20. The normalized spacial score (nSPS) is 11.2. The summed E-state index contributed by atoms with van der Waals surface area (Å²) in [5, 5.41) is 13.1. The van der Waals surface area contributed by atoms with Gasteiger partial charge < -0.3 is 4.90 Å². The van der Waals surface area contributed by atoms with Crippen LogP contribution in [0.2, 0.25) is 0 Å². The highest BCUT2D eigenvalue weighted by Gasteiger charge is 2.12. The Bertz CT molecular complexity index is 895. The molecular formula is C20H22BrN5. The number of hydrogen-bond donors (Lipinski definition) is 0. The summed E-state index contributed by atoms with van der Waals surface area (Å²) in [7, 11) is 0. The molecule has 0 fully saturated rings. The third kappa shape index (κ3) is 3.85. The van der Waals surface area contributed by atoms with Crippen molar-refractivity contribution < 1.29 is 0 Å². The first-order chi connectivity index (χ1) is 12.6. The number of halogens is 1. The third-order valence-corrected chi connectivity index (χ3v) is 4.95. The van der Waals surface area contributed by atoms with E-state index in [0.29, 0.717) is 5.82 Å². The van der Waals surface area contributed by atoms with E-state index in [2.05, 4.69) is 74.2 Å². The molecule has 0 saturated carbocycles. The number of anilines is 1. The molecule has 134 valence electrons. The van der Waals surface area contributed by atoms with E-state index >= 15 is 0 Å². The SMILES string of the molecule is CCN(CC)c1ccc(C=Nn2c(C)nnc2-c2ccccc2Br)cc1. The van der Waals surface area contributed by atoms with E-state index in [-0.39, 0.29) is 0 Å². The van der Waals surface area contributed by atoms with E-state index in [9.17, 15) is 0 Å². The molecule has 0 N–H and O–H groups in total. The van der Waals surface area contributed by atoms with Gasteiger partial charge in [0.2, 0.25) is 0 Å². The van der Waals surface area contributed by atoms with Crippen LogP contribution in [0.5, 0.6) is 0 Å². The fraction of sp³-hybridized carbons (Fsp3) is 0.250. The zero-order valence-corrected chi connectivity index (χ0v) is 16.8. The maximum absolute atomic E-state index is 4.60. The van der Waals surface area contributed by atoms with Crippen molar-refractivity contribution in [2.24, 2.45) is 5.10 Å². The Morgan fingerprint density at radius 3 is 2.38 bits per heavy atom. The second-order valence-electron chi connectivity index (χ2n) is 5.87. The van der Waals surface area contributed by atoms with Gasteiger partial charge in [-0.15, -0.1) is 10.2 Å². The third-order valence-electron chi connectivity index (χ3n) is 4.26. The lowest BCUT2D eigenvalue weighted by molar-refractivity contribution is 0.839. The van der Waals surface area contributed by atoms with Gasteiger partial charge >= 0.3 is 0 Å². The second-order valence-corrected chi connectivity index (χ2v) is 6.73. The van der Waals surface area contributed by atoms with Crippen LogP contribution in [-0.2, 0) is 0 Å². The predicted molar refractivity (Wildman–Crippen MR) is 111 cm³/mol. The number of rotatable bonds is 6. The van der Waals surface area contributed by atoms with Gasteiger partial charge in [0.05, 0.1) is 6.21 Å². The van der Waals surface area contributed by atoms with E-state index in [1.54, 1.807) is 4.68 Å². The molecule has 26 heavy (non-hydrogen) atoms. The highest BCUT2D eigenvalue weighted by molar-refractivity contribution is 9.10. The Morgan fingerprint density at radius 1 is 1.04 bits per heavy atom. The number of nitrogens with zero attached hydrogens (tertiary/aromatic N) is 5. The van der Waals surface area contributed by atoms with Gasteiger partial charge in [0.15, 0.2) is 11.6 Å². The Kier molecular flexibility index (Phi) is 5.83. The van der Waals surface area contributed by atoms with E-state index in [1.165, 1.54) is 5.69 Å². The number of benzene rings is 2. The molecule has 2 aromatic carbocycles. The maximum Gasteiger partial charge on any atom is 0.186 e. The van der Waals surface area contributed by atoms with Crippen molar-refractivity contribution in [3.63, 3.8) is 0 Å². The fourth-order valence-electron chi connectivity index (χ4n) is 2.79. The zero-order chi connectivity index (χ0) is 18.5. The van der Waals surface area contributed by atoms with Crippen LogP contribution < -0.4 is 4.90 Å². The summed E-state index contributed by atoms with van der Waals surface area (Å²) in [6, 6.07) is 16.3. The molecule has 3 rings (SSSR count). The van der Waals surface area contributed by atoms with Crippen LogP contribution in [0.3, 0.4) is 0 Å². The monoisotopic (exact) mass is 411 g/mol. The summed E-state index contributed by atoms with van der Waals surface area (Å²) < 4.78 is 2.73. The van der Waals surface area contributed by atoms with Crippen LogP contribution in [0.4, 0.5) is 5.69 Å². The summed E-state index contributed by atoms with van der Waals surface area (Å²) in [6.07, 6.45) is 1.84. The first kappa shape index (κ1) is 18.3. The van der Waals surface area contributed by atoms with Crippen LogP contribution in [0.25, 0.3) is 11.4 Å². The molecule has 0 aliphatic heterocycles. The maximum atomic E-state index is 4.60. The minimum atomic E-state index is 0.714. The highest BCUT2D eigenvalue weighted by Crippen LogP contribution is 2.26. The number of hydrogen-bond acceptors (Lipinski definition) is 4. The van der Waals surface area contributed by atoms with Gasteiger partial charge in [-0.05, 0) is 50.6 Å². The van der Waals surface area contributed by atoms with Crippen LogP contribution in [0.15, 0.2) is 58.1 Å². The zero-order valence-electron chi connectivity index (χ0n) is 15.2. The second kappa shape index (κ2) is 8.27. The van der Waals surface area contributed by atoms with Crippen molar-refractivity contribution in [3.8, 4) is 11.4 Å². The van der Waals surface area contributed by atoms with Crippen LogP contribution in [0, 0.1) is 6.92 Å². The van der Waals surface area contributed by atoms with Crippen molar-refractivity contribution in [3.05, 3.63) is 64.4 Å². The van der Waals surface area contributed by atoms with E-state index in [0.717, 1.165) is 34.5 Å². The molecule has 0 bridgehead atoms. The van der Waals surface area contributed by atoms with E-state index < -0.39 is 0 Å². The van der Waals surface area contributed by atoms with E-state index in [4.69, 9.17) is 0 Å². The standard InChI is InChI=1S/C20H22BrN5/c1-4-25(5-2)17-12-10-16(11-13-17)14-22-26-15(3)23-24-20(26)18-8-6-7-9-19(18)21/h6-14H,4-5H2,1-3H3. The van der Waals surface area contributed by atoms with Gasteiger partial charge in [-0.3, -0.25) is 0 Å². The fourth-order valence-corrected chi connectivity index (χ4v) is 3.25. The molecule has 0 aliphatic carbocycles. The first-order valence-electron chi connectivity index (χ1n) is 8.70. The van der Waals surface area contributed by atoms with Crippen molar-refractivity contribution >= 4 is 27.8 Å². The lowest BCUT2D eigenvalue weighted by atomic mass is 10.2. The molecule has 0 saturated heterocycles. The average molecular weight is 412 g/mol.